The van der Waals surface area contributed by atoms with Gasteiger partial charge < -0.3 is 5.73 Å². The van der Waals surface area contributed by atoms with Gasteiger partial charge in [0, 0.05) is 23.2 Å². The van der Waals surface area contributed by atoms with Gasteiger partial charge in [-0.15, -0.1) is 0 Å². The smallest absolute Gasteiger partial charge is 0.104 e. The van der Waals surface area contributed by atoms with Crippen LogP contribution in [0, 0.1) is 0 Å². The van der Waals surface area contributed by atoms with Gasteiger partial charge in [0.1, 0.15) is 4.99 Å². The van der Waals surface area contributed by atoms with Crippen LogP contribution in [-0.2, 0) is 6.54 Å². The number of nitrogens with zero attached hydrogens (tertiary/aromatic N) is 1. The van der Waals surface area contributed by atoms with E-state index in [4.69, 9.17) is 29.6 Å². The molecular weight excluding hydrogens is 276 g/mol. The van der Waals surface area contributed by atoms with Crippen molar-refractivity contribution in [3.05, 3.63) is 34.3 Å². The van der Waals surface area contributed by atoms with Crippen molar-refractivity contribution in [3.8, 4) is 0 Å². The van der Waals surface area contributed by atoms with E-state index in [0.29, 0.717) is 11.0 Å². The van der Waals surface area contributed by atoms with Crippen molar-refractivity contribution in [1.29, 1.82) is 0 Å². The molecule has 19 heavy (non-hydrogen) atoms. The molecule has 1 aliphatic heterocycles. The van der Waals surface area contributed by atoms with Gasteiger partial charge in [0.15, 0.2) is 0 Å². The van der Waals surface area contributed by atoms with Gasteiger partial charge in [-0.3, -0.25) is 4.90 Å². The average molecular weight is 297 g/mol. The predicted molar refractivity (Wildman–Crippen MR) is 85.7 cm³/mol. The lowest BCUT2D eigenvalue weighted by molar-refractivity contribution is 0.205. The van der Waals surface area contributed by atoms with E-state index in [1.807, 2.05) is 12.1 Å². The molecule has 2 rings (SSSR count). The lowest BCUT2D eigenvalue weighted by Crippen LogP contribution is -2.32. The zero-order chi connectivity index (χ0) is 13.8. The van der Waals surface area contributed by atoms with Crippen molar-refractivity contribution in [2.24, 2.45) is 5.73 Å². The number of benzene rings is 1. The van der Waals surface area contributed by atoms with Crippen molar-refractivity contribution in [1.82, 2.24) is 4.90 Å². The molecule has 1 saturated heterocycles. The second-order valence-corrected chi connectivity index (χ2v) is 6.19. The summed E-state index contributed by atoms with van der Waals surface area (Å²) < 4.78 is 0. The van der Waals surface area contributed by atoms with Gasteiger partial charge >= 0.3 is 0 Å². The second-order valence-electron chi connectivity index (χ2n) is 5.34. The first kappa shape index (κ1) is 14.8. The number of halogens is 1. The normalized spacial score (nSPS) is 21.1. The summed E-state index contributed by atoms with van der Waals surface area (Å²) in [6, 6.07) is 6.52. The van der Waals surface area contributed by atoms with Crippen LogP contribution >= 0.6 is 23.8 Å². The van der Waals surface area contributed by atoms with E-state index < -0.39 is 0 Å². The summed E-state index contributed by atoms with van der Waals surface area (Å²) in [7, 11) is 0. The molecule has 1 aromatic rings. The zero-order valence-electron chi connectivity index (χ0n) is 11.4. The Hall–Kier alpha value is -0.640. The van der Waals surface area contributed by atoms with Crippen LogP contribution in [-0.4, -0.2) is 22.5 Å². The molecule has 0 aliphatic carbocycles. The SMILES string of the molecule is CC1CCCCCN1Cc1ccc(C(N)=S)cc1Cl. The standard InChI is InChI=1S/C15H21ClN2S/c1-11-5-3-2-4-8-18(11)10-13-7-6-12(15(17)19)9-14(13)16/h6-7,9,11H,2-5,8,10H2,1H3,(H2,17,19). The first-order chi connectivity index (χ1) is 9.08. The number of hydrogen-bond acceptors (Lipinski definition) is 2. The van der Waals surface area contributed by atoms with E-state index in [-0.39, 0.29) is 0 Å². The van der Waals surface area contributed by atoms with Crippen LogP contribution in [0.1, 0.15) is 43.7 Å². The van der Waals surface area contributed by atoms with Crippen LogP contribution in [0.25, 0.3) is 0 Å². The van der Waals surface area contributed by atoms with Crippen LogP contribution in [0.5, 0.6) is 0 Å². The van der Waals surface area contributed by atoms with Gasteiger partial charge in [-0.2, -0.15) is 0 Å². The molecule has 0 radical (unpaired) electrons. The molecule has 2 nitrogen and oxygen atoms in total. The number of hydrogen-bond donors (Lipinski definition) is 1. The van der Waals surface area contributed by atoms with Gasteiger partial charge in [-0.05, 0) is 37.9 Å². The monoisotopic (exact) mass is 296 g/mol. The minimum Gasteiger partial charge on any atom is -0.389 e. The maximum Gasteiger partial charge on any atom is 0.104 e. The Bertz CT molecular complexity index is 461. The third-order valence-electron chi connectivity index (χ3n) is 3.90. The maximum absolute atomic E-state index is 6.34. The van der Waals surface area contributed by atoms with Crippen LogP contribution in [0.3, 0.4) is 0 Å². The summed E-state index contributed by atoms with van der Waals surface area (Å²) in [5.74, 6) is 0. The van der Waals surface area contributed by atoms with Crippen molar-refractivity contribution >= 4 is 28.8 Å². The van der Waals surface area contributed by atoms with Crippen LogP contribution in [0.4, 0.5) is 0 Å². The quantitative estimate of drug-likeness (QED) is 0.862. The Morgan fingerprint density at radius 3 is 2.89 bits per heavy atom. The Balaban J connectivity index is 2.11. The fourth-order valence-corrected chi connectivity index (χ4v) is 2.98. The summed E-state index contributed by atoms with van der Waals surface area (Å²) >= 11 is 11.3. The predicted octanol–water partition coefficient (Wildman–Crippen LogP) is 3.74. The second kappa shape index (κ2) is 6.69. The van der Waals surface area contributed by atoms with E-state index in [0.717, 1.165) is 29.2 Å². The molecule has 0 spiro atoms. The molecule has 104 valence electrons. The molecule has 2 N–H and O–H groups in total. The molecule has 1 aromatic carbocycles. The van der Waals surface area contributed by atoms with Crippen LogP contribution in [0.15, 0.2) is 18.2 Å². The van der Waals surface area contributed by atoms with E-state index in [1.54, 1.807) is 0 Å². The topological polar surface area (TPSA) is 29.3 Å². The lowest BCUT2D eigenvalue weighted by atomic mass is 10.1. The zero-order valence-corrected chi connectivity index (χ0v) is 12.9. The maximum atomic E-state index is 6.34. The van der Waals surface area contributed by atoms with E-state index in [9.17, 15) is 0 Å². The molecule has 4 heteroatoms. The van der Waals surface area contributed by atoms with Gasteiger partial charge in [-0.1, -0.05) is 48.8 Å². The van der Waals surface area contributed by atoms with Gasteiger partial charge in [0.05, 0.1) is 0 Å². The molecule has 0 amide bonds. The van der Waals surface area contributed by atoms with Gasteiger partial charge in [-0.25, -0.2) is 0 Å². The molecular formula is C15H21ClN2S. The largest absolute Gasteiger partial charge is 0.389 e. The van der Waals surface area contributed by atoms with Gasteiger partial charge in [0.25, 0.3) is 0 Å². The highest BCUT2D eigenvalue weighted by molar-refractivity contribution is 7.80. The number of thiocarbonyl (C=S) groups is 1. The highest BCUT2D eigenvalue weighted by atomic mass is 35.5. The molecule has 1 aliphatic rings. The molecule has 1 fully saturated rings. The molecule has 0 saturated carbocycles. The molecule has 0 bridgehead atoms. The molecule has 1 heterocycles. The third-order valence-corrected chi connectivity index (χ3v) is 4.49. The number of rotatable bonds is 3. The third kappa shape index (κ3) is 3.91. The molecule has 1 unspecified atom stereocenters. The summed E-state index contributed by atoms with van der Waals surface area (Å²) in [4.78, 5) is 2.92. The van der Waals surface area contributed by atoms with Crippen LogP contribution in [0.2, 0.25) is 5.02 Å². The summed E-state index contributed by atoms with van der Waals surface area (Å²) in [6.45, 7) is 4.38. The minimum absolute atomic E-state index is 0.400. The summed E-state index contributed by atoms with van der Waals surface area (Å²) in [6.07, 6.45) is 5.25. The van der Waals surface area contributed by atoms with Crippen molar-refractivity contribution in [2.45, 2.75) is 45.2 Å². The van der Waals surface area contributed by atoms with Gasteiger partial charge in [0.2, 0.25) is 0 Å². The number of likely N-dealkylation sites (tertiary alicyclic amines) is 1. The summed E-state index contributed by atoms with van der Waals surface area (Å²) in [5, 5.41) is 0.766. The molecule has 1 atom stereocenters. The first-order valence-corrected chi connectivity index (χ1v) is 7.69. The first-order valence-electron chi connectivity index (χ1n) is 6.90. The average Bonchev–Trinajstić information content (AvgIpc) is 2.57. The van der Waals surface area contributed by atoms with Crippen molar-refractivity contribution in [2.75, 3.05) is 6.54 Å². The van der Waals surface area contributed by atoms with Crippen LogP contribution < -0.4 is 5.73 Å². The molecule has 0 aromatic heterocycles. The van der Waals surface area contributed by atoms with Crippen molar-refractivity contribution < 1.29 is 0 Å². The number of nitrogens with two attached hydrogens (primary N) is 1. The Kier molecular flexibility index (Phi) is 5.20. The van der Waals surface area contributed by atoms with E-state index in [2.05, 4.69) is 17.9 Å². The fourth-order valence-electron chi connectivity index (χ4n) is 2.62. The lowest BCUT2D eigenvalue weighted by Gasteiger charge is -2.27. The highest BCUT2D eigenvalue weighted by Gasteiger charge is 2.18. The van der Waals surface area contributed by atoms with Crippen molar-refractivity contribution in [3.63, 3.8) is 0 Å². The fraction of sp³-hybridized carbons (Fsp3) is 0.533. The van der Waals surface area contributed by atoms with E-state index in [1.165, 1.54) is 25.7 Å². The Labute approximate surface area is 125 Å². The Morgan fingerprint density at radius 1 is 1.42 bits per heavy atom. The Morgan fingerprint density at radius 2 is 2.21 bits per heavy atom. The highest BCUT2D eigenvalue weighted by Crippen LogP contribution is 2.23. The minimum atomic E-state index is 0.400. The summed E-state index contributed by atoms with van der Waals surface area (Å²) in [5.41, 5.74) is 7.62. The van der Waals surface area contributed by atoms with E-state index >= 15 is 0 Å².